The lowest BCUT2D eigenvalue weighted by Crippen LogP contribution is -2.57. The molecular weight excluding hydrogens is 687 g/mol. The van der Waals surface area contributed by atoms with Crippen molar-refractivity contribution in [2.75, 3.05) is 0 Å². The van der Waals surface area contributed by atoms with Crippen LogP contribution < -0.4 is 0 Å². The summed E-state index contributed by atoms with van der Waals surface area (Å²) >= 11 is 7.72. The Balaban J connectivity index is 0.800. The van der Waals surface area contributed by atoms with Gasteiger partial charge in [0.25, 0.3) is 0 Å². The van der Waals surface area contributed by atoms with E-state index < -0.39 is 0 Å². The maximum atomic E-state index is 3.45. The lowest BCUT2D eigenvalue weighted by molar-refractivity contribution is -0.0326. The van der Waals surface area contributed by atoms with Crippen LogP contribution in [0, 0.1) is 59.2 Å². The van der Waals surface area contributed by atoms with Crippen LogP contribution in [0.3, 0.4) is 0 Å². The van der Waals surface area contributed by atoms with E-state index in [1.54, 1.807) is 148 Å². The molecule has 14 atom stereocenters. The summed E-state index contributed by atoms with van der Waals surface area (Å²) in [6.07, 6.45) is 45.4. The van der Waals surface area contributed by atoms with Gasteiger partial charge >= 0.3 is 0 Å². The van der Waals surface area contributed by atoms with Crippen LogP contribution in [0.15, 0.2) is 0 Å². The minimum atomic E-state index is 0.918. The molecule has 0 amide bonds. The molecule has 0 aromatic rings. The van der Waals surface area contributed by atoms with Crippen molar-refractivity contribution in [3.05, 3.63) is 0 Å². The van der Waals surface area contributed by atoms with Crippen LogP contribution in [0.2, 0.25) is 0 Å². The Bertz CT molecular complexity index is 1200. The number of fused-ring (bicyclic) bond motifs is 10. The normalized spacial score (nSPS) is 53.7. The van der Waals surface area contributed by atoms with Crippen molar-refractivity contribution in [2.45, 2.75) is 236 Å². The van der Waals surface area contributed by atoms with E-state index in [0.29, 0.717) is 0 Å². The molecule has 0 radical (unpaired) electrons. The molecule has 0 bridgehead atoms. The van der Waals surface area contributed by atoms with E-state index in [4.69, 9.17) is 0 Å². The molecule has 8 aliphatic carbocycles. The molecule has 1 nitrogen and oxygen atoms in total. The summed E-state index contributed by atoms with van der Waals surface area (Å²) in [5, 5.41) is 6.22. The highest BCUT2D eigenvalue weighted by molar-refractivity contribution is 8.02. The van der Waals surface area contributed by atoms with Gasteiger partial charge in [-0.25, -0.2) is 0 Å². The first-order valence-electron chi connectivity index (χ1n) is 24.5. The Morgan fingerprint density at radius 1 is 0.288 bits per heavy atom. The number of rotatable bonds is 5. The molecule has 3 saturated heterocycles. The largest absolute Gasteiger partial charge is 0.294 e. The van der Waals surface area contributed by atoms with Gasteiger partial charge in [-0.1, -0.05) is 70.6 Å². The fourth-order valence-electron chi connectivity index (χ4n) is 17.4. The molecule has 52 heavy (non-hydrogen) atoms. The molecule has 3 aliphatic heterocycles. The minimum Gasteiger partial charge on any atom is -0.294 e. The van der Waals surface area contributed by atoms with E-state index in [1.807, 2.05) is 0 Å². The van der Waals surface area contributed by atoms with Crippen LogP contribution >= 0.6 is 35.3 Å². The third-order valence-corrected chi connectivity index (χ3v) is 25.1. The number of hydrogen-bond acceptors (Lipinski definition) is 4. The highest BCUT2D eigenvalue weighted by Gasteiger charge is 2.60. The quantitative estimate of drug-likeness (QED) is 0.274. The maximum Gasteiger partial charge on any atom is 0.0143 e. The average Bonchev–Trinajstić information content (AvgIpc) is 3.90. The van der Waals surface area contributed by atoms with Crippen LogP contribution in [0.5, 0.6) is 0 Å². The van der Waals surface area contributed by atoms with Gasteiger partial charge in [0.1, 0.15) is 0 Å². The predicted octanol–water partition coefficient (Wildman–Crippen LogP) is 13.4. The van der Waals surface area contributed by atoms with E-state index >= 15 is 0 Å². The van der Waals surface area contributed by atoms with Crippen molar-refractivity contribution in [2.24, 2.45) is 59.2 Å². The maximum absolute atomic E-state index is 3.45. The molecule has 0 N–H and O–H groups in total. The van der Waals surface area contributed by atoms with Gasteiger partial charge < -0.3 is 0 Å². The van der Waals surface area contributed by atoms with Gasteiger partial charge in [0.05, 0.1) is 0 Å². The summed E-state index contributed by atoms with van der Waals surface area (Å²) in [6.45, 7) is 0. The minimum absolute atomic E-state index is 0.918. The number of nitrogens with zero attached hydrogens (tertiary/aromatic N) is 1. The third kappa shape index (κ3) is 6.51. The van der Waals surface area contributed by atoms with Crippen molar-refractivity contribution in [1.82, 2.24) is 4.90 Å². The number of thioether (sulfide) groups is 3. The standard InChI is InChI=1S/C48H77NS3/c1-2-10-30(11-3-1)31-20-24-33(25-21-31)49(40-16-9-19-43-45(40)38-12-4-6-17-41(38)50-43)34-26-22-32(23-27-34)35-14-8-15-36-37-28-29-44-46(48(37)52-47(35)36)39-13-5-7-18-42(39)51-44/h30-48H,1-29H2. The van der Waals surface area contributed by atoms with Gasteiger partial charge in [-0.05, 0) is 175 Å². The monoisotopic (exact) mass is 764 g/mol. The zero-order valence-corrected chi connectivity index (χ0v) is 35.6. The van der Waals surface area contributed by atoms with Crippen LogP contribution in [0.25, 0.3) is 0 Å². The molecule has 11 fully saturated rings. The van der Waals surface area contributed by atoms with E-state index in [1.165, 1.54) is 38.5 Å². The molecule has 11 rings (SSSR count). The Hall–Kier alpha value is 1.01. The Morgan fingerprint density at radius 2 is 0.808 bits per heavy atom. The van der Waals surface area contributed by atoms with Crippen molar-refractivity contribution < 1.29 is 0 Å². The van der Waals surface area contributed by atoms with Gasteiger partial charge in [-0.3, -0.25) is 4.90 Å². The molecule has 8 saturated carbocycles. The summed E-state index contributed by atoms with van der Waals surface area (Å²) in [6, 6.07) is 2.78. The van der Waals surface area contributed by atoms with Crippen LogP contribution in [0.4, 0.5) is 0 Å². The molecular formula is C48H77NS3. The summed E-state index contributed by atoms with van der Waals surface area (Å²) in [5.41, 5.74) is 0. The molecule has 4 heteroatoms. The van der Waals surface area contributed by atoms with Crippen molar-refractivity contribution in [3.63, 3.8) is 0 Å². The summed E-state index contributed by atoms with van der Waals surface area (Å²) in [4.78, 5) is 3.45. The van der Waals surface area contributed by atoms with Crippen molar-refractivity contribution >= 4 is 35.3 Å². The van der Waals surface area contributed by atoms with Crippen LogP contribution in [0.1, 0.15) is 186 Å². The summed E-state index contributed by atoms with van der Waals surface area (Å²) in [7, 11) is 0. The first-order valence-corrected chi connectivity index (χ1v) is 27.3. The summed E-state index contributed by atoms with van der Waals surface area (Å²) in [5.74, 6) is 10.8. The van der Waals surface area contributed by atoms with Gasteiger partial charge in [-0.15, -0.1) is 0 Å². The lowest BCUT2D eigenvalue weighted by Gasteiger charge is -2.53. The molecule has 0 spiro atoms. The van der Waals surface area contributed by atoms with Gasteiger partial charge in [0.15, 0.2) is 0 Å². The van der Waals surface area contributed by atoms with Crippen LogP contribution in [-0.2, 0) is 0 Å². The first kappa shape index (κ1) is 36.1. The second-order valence-corrected chi connectivity index (χ2v) is 25.9. The lowest BCUT2D eigenvalue weighted by atomic mass is 9.62. The second kappa shape index (κ2) is 15.6. The fourth-order valence-corrected chi connectivity index (χ4v) is 24.3. The molecule has 0 aromatic carbocycles. The van der Waals surface area contributed by atoms with E-state index in [-0.39, 0.29) is 0 Å². The van der Waals surface area contributed by atoms with E-state index in [0.717, 1.165) is 109 Å². The van der Waals surface area contributed by atoms with Crippen molar-refractivity contribution in [3.8, 4) is 0 Å². The topological polar surface area (TPSA) is 3.24 Å². The SMILES string of the molecule is C1CCC(C2CCC(N(C3CCC(C4CCCC5C6CCC7SC8CCCCC8C7C6SC45)CC3)C3CCCC4SC5CCCCC5C43)CC2)CC1. The molecule has 0 aromatic heterocycles. The van der Waals surface area contributed by atoms with Gasteiger partial charge in [0, 0.05) is 49.6 Å². The smallest absolute Gasteiger partial charge is 0.0143 e. The highest BCUT2D eigenvalue weighted by Crippen LogP contribution is 2.66. The van der Waals surface area contributed by atoms with E-state index in [9.17, 15) is 0 Å². The third-order valence-electron chi connectivity index (χ3n) is 19.5. The molecule has 292 valence electrons. The second-order valence-electron chi connectivity index (χ2n) is 21.5. The Kier molecular flexibility index (Phi) is 10.9. The highest BCUT2D eigenvalue weighted by atomic mass is 32.2. The summed E-state index contributed by atoms with van der Waals surface area (Å²) < 4.78 is 0. The average molecular weight is 764 g/mol. The zero-order chi connectivity index (χ0) is 34.2. The zero-order valence-electron chi connectivity index (χ0n) is 33.1. The van der Waals surface area contributed by atoms with E-state index in [2.05, 4.69) is 40.2 Å². The fraction of sp³-hybridized carbons (Fsp3) is 1.00. The van der Waals surface area contributed by atoms with Crippen LogP contribution in [-0.4, -0.2) is 54.5 Å². The van der Waals surface area contributed by atoms with Gasteiger partial charge in [-0.2, -0.15) is 35.3 Å². The van der Waals surface area contributed by atoms with Gasteiger partial charge in [0.2, 0.25) is 0 Å². The Morgan fingerprint density at radius 3 is 1.54 bits per heavy atom. The molecule has 14 unspecified atom stereocenters. The Labute approximate surface area is 333 Å². The first-order chi connectivity index (χ1) is 25.8. The molecule has 11 aliphatic rings. The molecule has 3 heterocycles. The predicted molar refractivity (Wildman–Crippen MR) is 227 cm³/mol. The number of hydrogen-bond donors (Lipinski definition) is 0. The van der Waals surface area contributed by atoms with Crippen molar-refractivity contribution in [1.29, 1.82) is 0 Å².